The highest BCUT2D eigenvalue weighted by molar-refractivity contribution is 7.10. The molecule has 0 aliphatic heterocycles. The molecule has 1 radical (unpaired) electrons. The van der Waals surface area contributed by atoms with Crippen LogP contribution in [0.4, 0.5) is 0 Å². The first kappa shape index (κ1) is 5.51. The van der Waals surface area contributed by atoms with Gasteiger partial charge in [0.2, 0.25) is 0 Å². The van der Waals surface area contributed by atoms with E-state index in [1.165, 1.54) is 0 Å². The van der Waals surface area contributed by atoms with Crippen molar-refractivity contribution in [2.24, 2.45) is 0 Å². The van der Waals surface area contributed by atoms with Crippen molar-refractivity contribution in [3.8, 4) is 0 Å². The van der Waals surface area contributed by atoms with Crippen LogP contribution in [-0.4, -0.2) is 4.98 Å². The lowest BCUT2D eigenvalue weighted by molar-refractivity contribution is 1.36. The van der Waals surface area contributed by atoms with Gasteiger partial charge in [0, 0.05) is 11.6 Å². The van der Waals surface area contributed by atoms with Crippen LogP contribution in [0.3, 0.4) is 0 Å². The number of allylic oxidation sites excluding steroid dienone is 1. The maximum absolute atomic E-state index is 5.42. The topological polar surface area (TPSA) is 12.9 Å². The van der Waals surface area contributed by atoms with Gasteiger partial charge in [-0.05, 0) is 12.5 Å². The van der Waals surface area contributed by atoms with Gasteiger partial charge in [0.25, 0.3) is 0 Å². The Morgan fingerprint density at radius 3 is 2.88 bits per heavy atom. The quantitative estimate of drug-likeness (QED) is 0.557. The molecule has 0 fully saturated rings. The maximum Gasteiger partial charge on any atom is 0.118 e. The van der Waals surface area contributed by atoms with Crippen LogP contribution in [0.1, 0.15) is 11.9 Å². The van der Waals surface area contributed by atoms with Crippen molar-refractivity contribution in [2.45, 2.75) is 6.92 Å². The van der Waals surface area contributed by atoms with Gasteiger partial charge in [0.05, 0.1) is 0 Å². The summed E-state index contributed by atoms with van der Waals surface area (Å²) < 4.78 is 0. The van der Waals surface area contributed by atoms with Gasteiger partial charge < -0.3 is 0 Å². The number of hydrogen-bond donors (Lipinski definition) is 0. The number of thiazole rings is 1. The van der Waals surface area contributed by atoms with Crippen LogP contribution in [0.25, 0.3) is 5.57 Å². The average molecular weight is 124 g/mol. The van der Waals surface area contributed by atoms with Crippen LogP contribution in [0.5, 0.6) is 0 Å². The Hall–Kier alpha value is -0.630. The third-order valence-corrected chi connectivity index (χ3v) is 1.68. The van der Waals surface area contributed by atoms with E-state index in [4.69, 9.17) is 6.58 Å². The molecule has 1 aromatic heterocycles. The molecule has 0 aromatic carbocycles. The first-order valence-electron chi connectivity index (χ1n) is 2.29. The molecule has 1 rings (SSSR count). The Kier molecular flexibility index (Phi) is 1.44. The van der Waals surface area contributed by atoms with Crippen molar-refractivity contribution in [3.05, 3.63) is 23.2 Å². The molecule has 0 spiro atoms. The minimum Gasteiger partial charge on any atom is -0.245 e. The minimum atomic E-state index is 0.792. The molecule has 0 unspecified atom stereocenters. The first-order chi connectivity index (χ1) is 3.80. The van der Waals surface area contributed by atoms with Crippen molar-refractivity contribution >= 4 is 16.9 Å². The van der Waals surface area contributed by atoms with Crippen LogP contribution in [0.15, 0.2) is 11.6 Å². The summed E-state index contributed by atoms with van der Waals surface area (Å²) in [6.07, 6.45) is 1.75. The molecule has 0 aliphatic rings. The Morgan fingerprint density at radius 2 is 2.62 bits per heavy atom. The fourth-order valence-electron chi connectivity index (χ4n) is 0.418. The third-order valence-electron chi connectivity index (χ3n) is 0.770. The van der Waals surface area contributed by atoms with E-state index in [1.54, 1.807) is 17.5 Å². The van der Waals surface area contributed by atoms with Crippen LogP contribution in [0, 0.1) is 6.58 Å². The van der Waals surface area contributed by atoms with Crippen molar-refractivity contribution in [1.82, 2.24) is 4.98 Å². The standard InChI is InChI=1S/C6H6NS/c1-5(2)6-7-3-4-8-6/h1,3-4H,2H3. The lowest BCUT2D eigenvalue weighted by atomic mass is 10.4. The summed E-state index contributed by atoms with van der Waals surface area (Å²) in [4.78, 5) is 3.97. The predicted octanol–water partition coefficient (Wildman–Crippen LogP) is 1.98. The molecule has 0 bridgehead atoms. The second kappa shape index (κ2) is 2.09. The van der Waals surface area contributed by atoms with Gasteiger partial charge in [-0.3, -0.25) is 0 Å². The number of aromatic nitrogens is 1. The van der Waals surface area contributed by atoms with Crippen LogP contribution >= 0.6 is 11.3 Å². The van der Waals surface area contributed by atoms with Crippen molar-refractivity contribution < 1.29 is 0 Å². The molecule has 0 saturated heterocycles. The van der Waals surface area contributed by atoms with Gasteiger partial charge in [-0.15, -0.1) is 11.3 Å². The van der Waals surface area contributed by atoms with Crippen molar-refractivity contribution in [2.75, 3.05) is 0 Å². The van der Waals surface area contributed by atoms with Gasteiger partial charge >= 0.3 is 0 Å². The summed E-state index contributed by atoms with van der Waals surface area (Å²) in [5.41, 5.74) is 0.792. The van der Waals surface area contributed by atoms with E-state index in [0.29, 0.717) is 0 Å². The van der Waals surface area contributed by atoms with E-state index in [1.807, 2.05) is 12.3 Å². The summed E-state index contributed by atoms with van der Waals surface area (Å²) in [7, 11) is 0. The molecule has 41 valence electrons. The largest absolute Gasteiger partial charge is 0.245 e. The lowest BCUT2D eigenvalue weighted by Gasteiger charge is -1.84. The van der Waals surface area contributed by atoms with Gasteiger partial charge in [-0.2, -0.15) is 0 Å². The fraction of sp³-hybridized carbons (Fsp3) is 0.167. The highest BCUT2D eigenvalue weighted by Crippen LogP contribution is 2.12. The molecule has 0 saturated carbocycles. The monoisotopic (exact) mass is 124 g/mol. The normalized spacial score (nSPS) is 9.12. The zero-order chi connectivity index (χ0) is 5.98. The van der Waals surface area contributed by atoms with E-state index in [0.717, 1.165) is 10.6 Å². The van der Waals surface area contributed by atoms with Gasteiger partial charge in [-0.25, -0.2) is 4.98 Å². The molecular weight excluding hydrogens is 118 g/mol. The SMILES string of the molecule is [CH]=C(C)c1nccs1. The van der Waals surface area contributed by atoms with Crippen LogP contribution in [-0.2, 0) is 0 Å². The minimum absolute atomic E-state index is 0.792. The Balaban J connectivity index is 2.93. The number of nitrogens with zero attached hydrogens (tertiary/aromatic N) is 1. The molecular formula is C6H6NS. The van der Waals surface area contributed by atoms with Crippen molar-refractivity contribution in [3.63, 3.8) is 0 Å². The lowest BCUT2D eigenvalue weighted by Crippen LogP contribution is -1.69. The average Bonchev–Trinajstić information content (AvgIpc) is 2.12. The van der Waals surface area contributed by atoms with Gasteiger partial charge in [0.15, 0.2) is 0 Å². The van der Waals surface area contributed by atoms with Crippen LogP contribution in [0.2, 0.25) is 0 Å². The zero-order valence-electron chi connectivity index (χ0n) is 4.59. The molecule has 2 heteroatoms. The second-order valence-corrected chi connectivity index (χ2v) is 2.41. The van der Waals surface area contributed by atoms with E-state index in [-0.39, 0.29) is 0 Å². The summed E-state index contributed by atoms with van der Waals surface area (Å²) in [6.45, 7) is 7.27. The highest BCUT2D eigenvalue weighted by Gasteiger charge is 1.91. The zero-order valence-corrected chi connectivity index (χ0v) is 5.40. The van der Waals surface area contributed by atoms with E-state index in [2.05, 4.69) is 4.98 Å². The molecule has 1 nitrogen and oxygen atoms in total. The molecule has 8 heavy (non-hydrogen) atoms. The second-order valence-electron chi connectivity index (χ2n) is 1.52. The molecule has 0 N–H and O–H groups in total. The Labute approximate surface area is 52.7 Å². The van der Waals surface area contributed by atoms with Gasteiger partial charge in [-0.1, -0.05) is 6.58 Å². The molecule has 0 amide bonds. The Morgan fingerprint density at radius 1 is 1.88 bits per heavy atom. The summed E-state index contributed by atoms with van der Waals surface area (Å²) in [5, 5.41) is 2.83. The maximum atomic E-state index is 5.42. The Bertz CT molecular complexity index is 176. The van der Waals surface area contributed by atoms with E-state index < -0.39 is 0 Å². The molecule has 0 atom stereocenters. The molecule has 1 aromatic rings. The summed E-state index contributed by atoms with van der Waals surface area (Å²) in [5.74, 6) is 0. The van der Waals surface area contributed by atoms with Gasteiger partial charge in [0.1, 0.15) is 5.01 Å². The smallest absolute Gasteiger partial charge is 0.118 e. The third kappa shape index (κ3) is 0.954. The first-order valence-corrected chi connectivity index (χ1v) is 3.17. The molecule has 0 aliphatic carbocycles. The van der Waals surface area contributed by atoms with Crippen molar-refractivity contribution in [1.29, 1.82) is 0 Å². The van der Waals surface area contributed by atoms with E-state index >= 15 is 0 Å². The fourth-order valence-corrected chi connectivity index (χ4v) is 0.976. The molecule has 1 heterocycles. The summed E-state index contributed by atoms with van der Waals surface area (Å²) >= 11 is 1.56. The van der Waals surface area contributed by atoms with Crippen LogP contribution < -0.4 is 0 Å². The highest BCUT2D eigenvalue weighted by atomic mass is 32.1. The predicted molar refractivity (Wildman–Crippen MR) is 35.5 cm³/mol. The number of rotatable bonds is 1. The summed E-state index contributed by atoms with van der Waals surface area (Å²) in [6, 6.07) is 0. The van der Waals surface area contributed by atoms with E-state index in [9.17, 15) is 0 Å². The number of hydrogen-bond acceptors (Lipinski definition) is 2.